The van der Waals surface area contributed by atoms with Crippen LogP contribution in [0.5, 0.6) is 0 Å². The van der Waals surface area contributed by atoms with E-state index in [4.69, 9.17) is 0 Å². The lowest BCUT2D eigenvalue weighted by atomic mass is 10.1. The molecule has 0 radical (unpaired) electrons. The van der Waals surface area contributed by atoms with Crippen LogP contribution in [-0.4, -0.2) is 13.0 Å². The lowest BCUT2D eigenvalue weighted by molar-refractivity contribution is 0.0963. The molecule has 0 spiro atoms. The molecular weight excluding hydrogens is 267 g/mol. The standard InChI is InChI=1S/C17H19FN2O/c1-11-4-6-14(17(21)19-3)9-16(11)20-10-13-5-7-15(18)12(2)8-13/h4-9,20H,10H2,1-3H3,(H,19,21). The molecule has 0 aliphatic carbocycles. The first-order valence-corrected chi connectivity index (χ1v) is 6.83. The van der Waals surface area contributed by atoms with Gasteiger partial charge in [0.15, 0.2) is 0 Å². The predicted octanol–water partition coefficient (Wildman–Crippen LogP) is 3.41. The molecule has 0 aliphatic heterocycles. The number of nitrogens with one attached hydrogen (secondary N) is 2. The highest BCUT2D eigenvalue weighted by molar-refractivity contribution is 5.95. The number of carbonyl (C=O) groups excluding carboxylic acids is 1. The Balaban J connectivity index is 2.15. The molecule has 2 N–H and O–H groups in total. The van der Waals surface area contributed by atoms with Gasteiger partial charge in [0.1, 0.15) is 5.82 Å². The number of anilines is 1. The van der Waals surface area contributed by atoms with Crippen molar-refractivity contribution >= 4 is 11.6 Å². The Morgan fingerprint density at radius 2 is 1.86 bits per heavy atom. The fourth-order valence-corrected chi connectivity index (χ4v) is 2.11. The van der Waals surface area contributed by atoms with Gasteiger partial charge in [-0.1, -0.05) is 18.2 Å². The summed E-state index contributed by atoms with van der Waals surface area (Å²) in [4.78, 5) is 11.7. The largest absolute Gasteiger partial charge is 0.381 e. The van der Waals surface area contributed by atoms with Crippen LogP contribution in [0.3, 0.4) is 0 Å². The highest BCUT2D eigenvalue weighted by atomic mass is 19.1. The third-order valence-electron chi connectivity index (χ3n) is 3.43. The van der Waals surface area contributed by atoms with Crippen LogP contribution in [0.1, 0.15) is 27.0 Å². The Bertz CT molecular complexity index is 668. The first kappa shape index (κ1) is 15.0. The molecule has 2 rings (SSSR count). The number of halogens is 1. The second kappa shape index (κ2) is 6.39. The molecular formula is C17H19FN2O. The lowest BCUT2D eigenvalue weighted by Gasteiger charge is -2.12. The fraction of sp³-hybridized carbons (Fsp3) is 0.235. The van der Waals surface area contributed by atoms with Crippen LogP contribution < -0.4 is 10.6 Å². The Kier molecular flexibility index (Phi) is 4.58. The Morgan fingerprint density at radius 1 is 1.10 bits per heavy atom. The number of carbonyl (C=O) groups is 1. The maximum Gasteiger partial charge on any atom is 0.251 e. The molecule has 2 aromatic carbocycles. The van der Waals surface area contributed by atoms with Gasteiger partial charge in [-0.05, 0) is 48.7 Å². The smallest absolute Gasteiger partial charge is 0.251 e. The van der Waals surface area contributed by atoms with Crippen molar-refractivity contribution in [2.24, 2.45) is 0 Å². The zero-order chi connectivity index (χ0) is 15.4. The molecule has 21 heavy (non-hydrogen) atoms. The Morgan fingerprint density at radius 3 is 2.52 bits per heavy atom. The van der Waals surface area contributed by atoms with Gasteiger partial charge >= 0.3 is 0 Å². The van der Waals surface area contributed by atoms with E-state index in [0.717, 1.165) is 16.8 Å². The minimum Gasteiger partial charge on any atom is -0.381 e. The van der Waals surface area contributed by atoms with Crippen LogP contribution in [0, 0.1) is 19.7 Å². The van der Waals surface area contributed by atoms with Crippen molar-refractivity contribution in [3.8, 4) is 0 Å². The van der Waals surface area contributed by atoms with E-state index >= 15 is 0 Å². The third kappa shape index (κ3) is 3.60. The van der Waals surface area contributed by atoms with Crippen LogP contribution in [-0.2, 0) is 6.54 Å². The maximum absolute atomic E-state index is 13.2. The van der Waals surface area contributed by atoms with Crippen molar-refractivity contribution in [3.05, 3.63) is 64.5 Å². The number of benzene rings is 2. The minimum absolute atomic E-state index is 0.115. The molecule has 0 fully saturated rings. The molecule has 0 atom stereocenters. The second-order valence-corrected chi connectivity index (χ2v) is 5.05. The summed E-state index contributed by atoms with van der Waals surface area (Å²) in [7, 11) is 1.61. The molecule has 0 unspecified atom stereocenters. The van der Waals surface area contributed by atoms with Crippen LogP contribution in [0.25, 0.3) is 0 Å². The molecule has 4 heteroatoms. The number of hydrogen-bond acceptors (Lipinski definition) is 2. The topological polar surface area (TPSA) is 41.1 Å². The van der Waals surface area contributed by atoms with E-state index in [2.05, 4.69) is 10.6 Å². The van der Waals surface area contributed by atoms with Crippen molar-refractivity contribution in [3.63, 3.8) is 0 Å². The highest BCUT2D eigenvalue weighted by Crippen LogP contribution is 2.18. The van der Waals surface area contributed by atoms with Gasteiger partial charge in [-0.3, -0.25) is 4.79 Å². The Hall–Kier alpha value is -2.36. The number of amides is 1. The molecule has 0 aromatic heterocycles. The van der Waals surface area contributed by atoms with Gasteiger partial charge in [0, 0.05) is 24.8 Å². The summed E-state index contributed by atoms with van der Waals surface area (Å²) in [6, 6.07) is 10.6. The normalized spacial score (nSPS) is 10.3. The van der Waals surface area contributed by atoms with Gasteiger partial charge in [0.05, 0.1) is 0 Å². The van der Waals surface area contributed by atoms with Crippen LogP contribution in [0.15, 0.2) is 36.4 Å². The molecule has 3 nitrogen and oxygen atoms in total. The summed E-state index contributed by atoms with van der Waals surface area (Å²) in [5, 5.41) is 5.90. The first-order chi connectivity index (χ1) is 10.0. The quantitative estimate of drug-likeness (QED) is 0.904. The molecule has 0 heterocycles. The van der Waals surface area contributed by atoms with Crippen molar-refractivity contribution in [1.29, 1.82) is 0 Å². The Labute approximate surface area is 124 Å². The van der Waals surface area contributed by atoms with E-state index in [-0.39, 0.29) is 11.7 Å². The summed E-state index contributed by atoms with van der Waals surface area (Å²) in [5.41, 5.74) is 4.20. The van der Waals surface area contributed by atoms with E-state index in [1.54, 1.807) is 26.1 Å². The molecule has 0 aliphatic rings. The lowest BCUT2D eigenvalue weighted by Crippen LogP contribution is -2.18. The van der Waals surface area contributed by atoms with Gasteiger partial charge in [0.25, 0.3) is 5.91 Å². The van der Waals surface area contributed by atoms with Gasteiger partial charge in [-0.25, -0.2) is 4.39 Å². The van der Waals surface area contributed by atoms with Crippen molar-refractivity contribution in [2.45, 2.75) is 20.4 Å². The van der Waals surface area contributed by atoms with Gasteiger partial charge in [-0.2, -0.15) is 0 Å². The van der Waals surface area contributed by atoms with E-state index in [1.165, 1.54) is 6.07 Å². The minimum atomic E-state index is -0.198. The number of rotatable bonds is 4. The monoisotopic (exact) mass is 286 g/mol. The molecule has 0 bridgehead atoms. The van der Waals surface area contributed by atoms with Crippen LogP contribution >= 0.6 is 0 Å². The highest BCUT2D eigenvalue weighted by Gasteiger charge is 2.06. The second-order valence-electron chi connectivity index (χ2n) is 5.05. The summed E-state index contributed by atoms with van der Waals surface area (Å²) >= 11 is 0. The summed E-state index contributed by atoms with van der Waals surface area (Å²) in [6.07, 6.45) is 0. The van der Waals surface area contributed by atoms with E-state index < -0.39 is 0 Å². The molecule has 2 aromatic rings. The molecule has 0 saturated heterocycles. The van der Waals surface area contributed by atoms with Crippen LogP contribution in [0.4, 0.5) is 10.1 Å². The summed E-state index contributed by atoms with van der Waals surface area (Å²) < 4.78 is 13.2. The average molecular weight is 286 g/mol. The average Bonchev–Trinajstić information content (AvgIpc) is 2.49. The summed E-state index contributed by atoms with van der Waals surface area (Å²) in [6.45, 7) is 4.31. The molecule has 110 valence electrons. The van der Waals surface area contributed by atoms with Crippen molar-refractivity contribution in [2.75, 3.05) is 12.4 Å². The van der Waals surface area contributed by atoms with E-state index in [0.29, 0.717) is 17.7 Å². The maximum atomic E-state index is 13.2. The van der Waals surface area contributed by atoms with Gasteiger partial charge < -0.3 is 10.6 Å². The first-order valence-electron chi connectivity index (χ1n) is 6.83. The predicted molar refractivity (Wildman–Crippen MR) is 83.0 cm³/mol. The van der Waals surface area contributed by atoms with E-state index in [9.17, 15) is 9.18 Å². The zero-order valence-corrected chi connectivity index (χ0v) is 12.5. The van der Waals surface area contributed by atoms with Gasteiger partial charge in [-0.15, -0.1) is 0 Å². The molecule has 1 amide bonds. The zero-order valence-electron chi connectivity index (χ0n) is 12.5. The molecule has 0 saturated carbocycles. The third-order valence-corrected chi connectivity index (χ3v) is 3.43. The SMILES string of the molecule is CNC(=O)c1ccc(C)c(NCc2ccc(F)c(C)c2)c1. The van der Waals surface area contributed by atoms with Crippen LogP contribution in [0.2, 0.25) is 0 Å². The fourth-order valence-electron chi connectivity index (χ4n) is 2.11. The van der Waals surface area contributed by atoms with Crippen molar-refractivity contribution in [1.82, 2.24) is 5.32 Å². The van der Waals surface area contributed by atoms with E-state index in [1.807, 2.05) is 25.1 Å². The summed E-state index contributed by atoms with van der Waals surface area (Å²) in [5.74, 6) is -0.313. The van der Waals surface area contributed by atoms with Crippen molar-refractivity contribution < 1.29 is 9.18 Å². The number of aryl methyl sites for hydroxylation is 2. The number of hydrogen-bond donors (Lipinski definition) is 2. The van der Waals surface area contributed by atoms with Gasteiger partial charge in [0.2, 0.25) is 0 Å².